The molecule has 2 heterocycles. The van der Waals surface area contributed by atoms with Crippen molar-refractivity contribution in [3.8, 4) is 0 Å². The Balaban J connectivity index is 2.19. The molecule has 2 N–H and O–H groups in total. The minimum Gasteiger partial charge on any atom is -0.326 e. The van der Waals surface area contributed by atoms with Gasteiger partial charge in [-0.05, 0) is 12.1 Å². The Hall–Kier alpha value is -1.89. The lowest BCUT2D eigenvalue weighted by molar-refractivity contribution is -0.137. The number of nitrogens with zero attached hydrogens (tertiary/aromatic N) is 3. The van der Waals surface area contributed by atoms with Crippen LogP contribution in [0.1, 0.15) is 16.8 Å². The lowest BCUT2D eigenvalue weighted by Crippen LogP contribution is -2.08. The van der Waals surface area contributed by atoms with Gasteiger partial charge in [-0.2, -0.15) is 18.3 Å². The van der Waals surface area contributed by atoms with Crippen LogP contribution in [-0.2, 0) is 19.3 Å². The summed E-state index contributed by atoms with van der Waals surface area (Å²) in [6.45, 7) is 0.528. The fourth-order valence-electron chi connectivity index (χ4n) is 1.51. The molecule has 0 saturated carbocycles. The molecule has 0 spiro atoms. The average Bonchev–Trinajstić information content (AvgIpc) is 2.76. The first-order chi connectivity index (χ1) is 8.49. The van der Waals surface area contributed by atoms with Crippen molar-refractivity contribution in [2.24, 2.45) is 5.73 Å². The standard InChI is InChI=1S/C11H11F3N4/c12-11(13,14)9-1-2-16-10(3-9)7-18-6-8(4-15)5-17-18/h1-3,5-6H,4,7,15H2. The highest BCUT2D eigenvalue weighted by molar-refractivity contribution is 5.19. The molecule has 0 aliphatic carbocycles. The van der Waals surface area contributed by atoms with Gasteiger partial charge in [0.15, 0.2) is 0 Å². The number of hydrogen-bond acceptors (Lipinski definition) is 3. The first kappa shape index (κ1) is 12.6. The lowest BCUT2D eigenvalue weighted by atomic mass is 10.2. The predicted octanol–water partition coefficient (Wildman–Crippen LogP) is 1.80. The maximum absolute atomic E-state index is 12.5. The van der Waals surface area contributed by atoms with Crippen molar-refractivity contribution in [2.75, 3.05) is 0 Å². The first-order valence-corrected chi connectivity index (χ1v) is 5.22. The van der Waals surface area contributed by atoms with Crippen LogP contribution in [0, 0.1) is 0 Å². The van der Waals surface area contributed by atoms with Crippen LogP contribution in [-0.4, -0.2) is 14.8 Å². The zero-order valence-corrected chi connectivity index (χ0v) is 9.35. The summed E-state index contributed by atoms with van der Waals surface area (Å²) >= 11 is 0. The molecule has 18 heavy (non-hydrogen) atoms. The quantitative estimate of drug-likeness (QED) is 0.911. The van der Waals surface area contributed by atoms with Gasteiger partial charge in [0.05, 0.1) is 24.0 Å². The second kappa shape index (κ2) is 4.77. The minimum atomic E-state index is -4.36. The van der Waals surface area contributed by atoms with Crippen molar-refractivity contribution >= 4 is 0 Å². The maximum atomic E-state index is 12.5. The third-order valence-electron chi connectivity index (χ3n) is 2.39. The number of rotatable bonds is 3. The van der Waals surface area contributed by atoms with Crippen molar-refractivity contribution in [2.45, 2.75) is 19.3 Å². The summed E-state index contributed by atoms with van der Waals surface area (Å²) < 4.78 is 39.0. The van der Waals surface area contributed by atoms with Gasteiger partial charge in [-0.25, -0.2) is 0 Å². The van der Waals surface area contributed by atoms with E-state index in [1.807, 2.05) is 0 Å². The molecule has 0 aromatic carbocycles. The highest BCUT2D eigenvalue weighted by atomic mass is 19.4. The smallest absolute Gasteiger partial charge is 0.326 e. The molecular weight excluding hydrogens is 245 g/mol. The molecule has 0 bridgehead atoms. The number of nitrogens with two attached hydrogens (primary N) is 1. The number of hydrogen-bond donors (Lipinski definition) is 1. The lowest BCUT2D eigenvalue weighted by Gasteiger charge is -2.08. The topological polar surface area (TPSA) is 56.7 Å². The molecule has 2 aromatic heterocycles. The van der Waals surface area contributed by atoms with Crippen LogP contribution in [0.3, 0.4) is 0 Å². The zero-order valence-electron chi connectivity index (χ0n) is 9.35. The van der Waals surface area contributed by atoms with Gasteiger partial charge in [0.1, 0.15) is 0 Å². The molecule has 0 atom stereocenters. The molecule has 0 radical (unpaired) electrons. The molecule has 4 nitrogen and oxygen atoms in total. The summed E-state index contributed by atoms with van der Waals surface area (Å²) in [5, 5.41) is 3.99. The molecule has 0 aliphatic heterocycles. The summed E-state index contributed by atoms with van der Waals surface area (Å²) in [5.74, 6) is 0. The number of halogens is 3. The van der Waals surface area contributed by atoms with Crippen molar-refractivity contribution < 1.29 is 13.2 Å². The second-order valence-electron chi connectivity index (χ2n) is 3.78. The van der Waals surface area contributed by atoms with Crippen molar-refractivity contribution in [1.82, 2.24) is 14.8 Å². The fourth-order valence-corrected chi connectivity index (χ4v) is 1.51. The maximum Gasteiger partial charge on any atom is 0.416 e. The van der Waals surface area contributed by atoms with E-state index in [2.05, 4.69) is 10.1 Å². The number of pyridine rings is 1. The van der Waals surface area contributed by atoms with Crippen LogP contribution < -0.4 is 5.73 Å². The van der Waals surface area contributed by atoms with E-state index in [1.54, 1.807) is 12.4 Å². The Morgan fingerprint density at radius 2 is 2.11 bits per heavy atom. The molecule has 0 amide bonds. The third kappa shape index (κ3) is 2.86. The van der Waals surface area contributed by atoms with Crippen molar-refractivity contribution in [3.05, 3.63) is 47.5 Å². The largest absolute Gasteiger partial charge is 0.416 e. The van der Waals surface area contributed by atoms with Gasteiger partial charge in [0, 0.05) is 24.5 Å². The SMILES string of the molecule is NCc1cnn(Cc2cc(C(F)(F)F)ccn2)c1. The Labute approximate surface area is 101 Å². The first-order valence-electron chi connectivity index (χ1n) is 5.22. The van der Waals surface area contributed by atoms with Crippen molar-refractivity contribution in [1.29, 1.82) is 0 Å². The van der Waals surface area contributed by atoms with Gasteiger partial charge in [-0.15, -0.1) is 0 Å². The predicted molar refractivity (Wildman–Crippen MR) is 58.5 cm³/mol. The van der Waals surface area contributed by atoms with E-state index in [0.29, 0.717) is 12.2 Å². The average molecular weight is 256 g/mol. The summed E-state index contributed by atoms with van der Waals surface area (Å²) in [4.78, 5) is 3.89. The summed E-state index contributed by atoms with van der Waals surface area (Å²) in [5.41, 5.74) is 5.83. The molecule has 7 heteroatoms. The van der Waals surface area contributed by atoms with E-state index in [1.165, 1.54) is 4.68 Å². The van der Waals surface area contributed by atoms with Gasteiger partial charge in [0.25, 0.3) is 0 Å². The van der Waals surface area contributed by atoms with E-state index < -0.39 is 11.7 Å². The number of aromatic nitrogens is 3. The normalized spacial score (nSPS) is 11.8. The Morgan fingerprint density at radius 3 is 2.72 bits per heavy atom. The summed E-state index contributed by atoms with van der Waals surface area (Å²) in [7, 11) is 0. The van der Waals surface area contributed by atoms with Gasteiger partial charge < -0.3 is 5.73 Å². The van der Waals surface area contributed by atoms with E-state index in [0.717, 1.165) is 23.9 Å². The minimum absolute atomic E-state index is 0.184. The van der Waals surface area contributed by atoms with Gasteiger partial charge in [0.2, 0.25) is 0 Å². The van der Waals surface area contributed by atoms with Crippen molar-refractivity contribution in [3.63, 3.8) is 0 Å². The van der Waals surface area contributed by atoms with Crippen LogP contribution in [0.5, 0.6) is 0 Å². The Bertz CT molecular complexity index is 533. The molecule has 2 aromatic rings. The summed E-state index contributed by atoms with van der Waals surface area (Å²) in [6, 6.07) is 1.96. The highest BCUT2D eigenvalue weighted by Crippen LogP contribution is 2.29. The summed E-state index contributed by atoms with van der Waals surface area (Å²) in [6.07, 6.45) is 0.0469. The molecule has 0 fully saturated rings. The van der Waals surface area contributed by atoms with E-state index in [-0.39, 0.29) is 6.54 Å². The third-order valence-corrected chi connectivity index (χ3v) is 2.39. The van der Waals surface area contributed by atoms with E-state index >= 15 is 0 Å². The number of alkyl halides is 3. The molecule has 2 rings (SSSR count). The Kier molecular flexibility index (Phi) is 3.33. The van der Waals surface area contributed by atoms with Gasteiger partial charge >= 0.3 is 6.18 Å². The second-order valence-corrected chi connectivity index (χ2v) is 3.78. The fraction of sp³-hybridized carbons (Fsp3) is 0.273. The molecule has 96 valence electrons. The molecule has 0 unspecified atom stereocenters. The monoisotopic (exact) mass is 256 g/mol. The molecule has 0 saturated heterocycles. The van der Waals surface area contributed by atoms with Gasteiger partial charge in [-0.3, -0.25) is 9.67 Å². The zero-order chi connectivity index (χ0) is 13.2. The van der Waals surface area contributed by atoms with Gasteiger partial charge in [-0.1, -0.05) is 0 Å². The van der Waals surface area contributed by atoms with E-state index in [4.69, 9.17) is 5.73 Å². The van der Waals surface area contributed by atoms with E-state index in [9.17, 15) is 13.2 Å². The molecular formula is C11H11F3N4. The highest BCUT2D eigenvalue weighted by Gasteiger charge is 2.30. The van der Waals surface area contributed by atoms with Crippen LogP contribution in [0.4, 0.5) is 13.2 Å². The van der Waals surface area contributed by atoms with Crippen LogP contribution in [0.15, 0.2) is 30.7 Å². The van der Waals surface area contributed by atoms with Crippen LogP contribution in [0.2, 0.25) is 0 Å². The molecule has 0 aliphatic rings. The Morgan fingerprint density at radius 1 is 1.33 bits per heavy atom. The van der Waals surface area contributed by atoms with Crippen LogP contribution in [0.25, 0.3) is 0 Å². The van der Waals surface area contributed by atoms with Crippen LogP contribution >= 0.6 is 0 Å².